The Morgan fingerprint density at radius 1 is 1.28 bits per heavy atom. The van der Waals surface area contributed by atoms with Crippen LogP contribution in [-0.2, 0) is 20.9 Å². The van der Waals surface area contributed by atoms with E-state index in [-0.39, 0.29) is 36.7 Å². The fraction of sp³-hybridized carbons (Fsp3) is 0.500. The van der Waals surface area contributed by atoms with Gasteiger partial charge in [-0.3, -0.25) is 24.5 Å². The maximum Gasteiger partial charge on any atom is 0.254 e. The Morgan fingerprint density at radius 2 is 2.07 bits per heavy atom. The van der Waals surface area contributed by atoms with Gasteiger partial charge in [0.05, 0.1) is 6.54 Å². The van der Waals surface area contributed by atoms with E-state index in [0.717, 1.165) is 24.1 Å². The molecular formula is C20H29N5O4. The van der Waals surface area contributed by atoms with Crippen molar-refractivity contribution in [3.05, 3.63) is 29.3 Å². The summed E-state index contributed by atoms with van der Waals surface area (Å²) in [5.74, 6) is -0.579. The molecule has 0 aromatic heterocycles. The van der Waals surface area contributed by atoms with E-state index in [9.17, 15) is 19.2 Å². The highest BCUT2D eigenvalue weighted by Gasteiger charge is 2.32. The van der Waals surface area contributed by atoms with Gasteiger partial charge in [-0.15, -0.1) is 0 Å². The molecule has 5 N–H and O–H groups in total. The number of amides is 4. The molecule has 0 saturated heterocycles. The van der Waals surface area contributed by atoms with Crippen molar-refractivity contribution in [2.24, 2.45) is 5.73 Å². The Morgan fingerprint density at radius 3 is 2.79 bits per heavy atom. The van der Waals surface area contributed by atoms with E-state index < -0.39 is 0 Å². The number of hydrogen-bond acceptors (Lipinski definition) is 6. The summed E-state index contributed by atoms with van der Waals surface area (Å²) in [7, 11) is 0. The van der Waals surface area contributed by atoms with Gasteiger partial charge in [0.15, 0.2) is 0 Å². The predicted octanol–water partition coefficient (Wildman–Crippen LogP) is 0.351. The highest BCUT2D eigenvalue weighted by Crippen LogP contribution is 2.31. The van der Waals surface area contributed by atoms with Crippen molar-refractivity contribution in [1.82, 2.24) is 15.5 Å². The molecule has 9 heteroatoms. The third kappa shape index (κ3) is 6.28. The van der Waals surface area contributed by atoms with E-state index in [0.29, 0.717) is 38.0 Å². The zero-order valence-corrected chi connectivity index (χ0v) is 16.7. The van der Waals surface area contributed by atoms with Gasteiger partial charge in [0.2, 0.25) is 18.2 Å². The summed E-state index contributed by atoms with van der Waals surface area (Å²) < 4.78 is 0. The summed E-state index contributed by atoms with van der Waals surface area (Å²) in [6.07, 6.45) is 2.68. The van der Waals surface area contributed by atoms with Crippen LogP contribution in [0.1, 0.15) is 48.5 Å². The topological polar surface area (TPSA) is 134 Å². The van der Waals surface area contributed by atoms with Crippen LogP contribution in [0.15, 0.2) is 18.2 Å². The minimum atomic E-state index is -0.365. The molecular weight excluding hydrogens is 374 g/mol. The van der Waals surface area contributed by atoms with Gasteiger partial charge in [0, 0.05) is 42.4 Å². The number of fused-ring (bicyclic) bond motifs is 1. The third-order valence-corrected chi connectivity index (χ3v) is 4.93. The second-order valence-corrected chi connectivity index (χ2v) is 7.04. The van der Waals surface area contributed by atoms with Crippen LogP contribution in [0.5, 0.6) is 0 Å². The van der Waals surface area contributed by atoms with Crippen molar-refractivity contribution in [3.8, 4) is 0 Å². The van der Waals surface area contributed by atoms with Crippen LogP contribution in [-0.4, -0.2) is 54.7 Å². The summed E-state index contributed by atoms with van der Waals surface area (Å²) in [6, 6.07) is 5.23. The number of carbonyl (C=O) groups excluding carboxylic acids is 4. The minimum absolute atomic E-state index is 0.0989. The molecule has 1 aromatic carbocycles. The van der Waals surface area contributed by atoms with Crippen LogP contribution in [0.4, 0.5) is 5.69 Å². The van der Waals surface area contributed by atoms with E-state index in [1.54, 1.807) is 17.0 Å². The Hall–Kier alpha value is -2.94. The number of nitrogens with two attached hydrogens (primary N) is 1. The molecule has 29 heavy (non-hydrogen) atoms. The quantitative estimate of drug-likeness (QED) is 0.294. The standard InChI is InChI=1S/C20H29N5O4/c1-14(7-8-18(27)24-13-26)25-12-16-15(20(25)29)5-4-6-17(16)23-11-19(28)22-10-3-2-9-21/h4-6,13-14,23H,2-3,7-12,21H2,1H3,(H,22,28)(H,24,26,27). The second-order valence-electron chi connectivity index (χ2n) is 7.04. The molecule has 2 rings (SSSR count). The fourth-order valence-electron chi connectivity index (χ4n) is 3.24. The van der Waals surface area contributed by atoms with E-state index in [1.165, 1.54) is 0 Å². The Balaban J connectivity index is 1.93. The maximum atomic E-state index is 12.8. The first-order valence-corrected chi connectivity index (χ1v) is 9.84. The lowest BCUT2D eigenvalue weighted by Crippen LogP contribution is -2.34. The number of unbranched alkanes of at least 4 members (excludes halogenated alkanes) is 1. The van der Waals surface area contributed by atoms with Gasteiger partial charge < -0.3 is 21.3 Å². The molecule has 1 aliphatic rings. The van der Waals surface area contributed by atoms with E-state index >= 15 is 0 Å². The van der Waals surface area contributed by atoms with Gasteiger partial charge in [0.25, 0.3) is 5.91 Å². The maximum absolute atomic E-state index is 12.8. The average molecular weight is 403 g/mol. The van der Waals surface area contributed by atoms with E-state index in [2.05, 4.69) is 16.0 Å². The number of rotatable bonds is 12. The van der Waals surface area contributed by atoms with Crippen molar-refractivity contribution >= 4 is 29.8 Å². The molecule has 1 unspecified atom stereocenters. The Kier molecular flexibility index (Phi) is 8.60. The van der Waals surface area contributed by atoms with Gasteiger partial charge in [-0.25, -0.2) is 0 Å². The number of carbonyl (C=O) groups is 4. The summed E-state index contributed by atoms with van der Waals surface area (Å²) in [6.45, 7) is 3.60. The number of hydrogen-bond donors (Lipinski definition) is 4. The van der Waals surface area contributed by atoms with Crippen LogP contribution in [0, 0.1) is 0 Å². The summed E-state index contributed by atoms with van der Waals surface area (Å²) in [4.78, 5) is 48.2. The summed E-state index contributed by atoms with van der Waals surface area (Å²) in [5, 5.41) is 8.05. The molecule has 0 fully saturated rings. The fourth-order valence-corrected chi connectivity index (χ4v) is 3.24. The largest absolute Gasteiger partial charge is 0.376 e. The number of anilines is 1. The average Bonchev–Trinajstić information content (AvgIpc) is 3.05. The molecule has 9 nitrogen and oxygen atoms in total. The number of benzene rings is 1. The van der Waals surface area contributed by atoms with E-state index in [1.807, 2.05) is 13.0 Å². The molecule has 0 aliphatic carbocycles. The summed E-state index contributed by atoms with van der Waals surface area (Å²) >= 11 is 0. The highest BCUT2D eigenvalue weighted by molar-refractivity contribution is 6.00. The molecule has 1 heterocycles. The molecule has 0 radical (unpaired) electrons. The SMILES string of the molecule is CC(CCC(=O)NC=O)N1Cc2c(NCC(=O)NCCCCN)cccc2C1=O. The van der Waals surface area contributed by atoms with Crippen LogP contribution in [0.25, 0.3) is 0 Å². The van der Waals surface area contributed by atoms with Crippen LogP contribution in [0.2, 0.25) is 0 Å². The van der Waals surface area contributed by atoms with Gasteiger partial charge in [0.1, 0.15) is 0 Å². The second kappa shape index (κ2) is 11.2. The van der Waals surface area contributed by atoms with Gasteiger partial charge >= 0.3 is 0 Å². The van der Waals surface area contributed by atoms with Gasteiger partial charge in [-0.1, -0.05) is 6.07 Å². The molecule has 0 saturated carbocycles. The molecule has 0 spiro atoms. The van der Waals surface area contributed by atoms with Crippen LogP contribution in [0.3, 0.4) is 0 Å². The van der Waals surface area contributed by atoms with Gasteiger partial charge in [-0.05, 0) is 44.9 Å². The normalized spacial score (nSPS) is 13.6. The van der Waals surface area contributed by atoms with Crippen molar-refractivity contribution in [1.29, 1.82) is 0 Å². The zero-order valence-electron chi connectivity index (χ0n) is 16.7. The van der Waals surface area contributed by atoms with Crippen molar-refractivity contribution < 1.29 is 19.2 Å². The van der Waals surface area contributed by atoms with Crippen molar-refractivity contribution in [2.75, 3.05) is 25.0 Å². The first-order valence-electron chi connectivity index (χ1n) is 9.84. The third-order valence-electron chi connectivity index (χ3n) is 4.93. The molecule has 1 aliphatic heterocycles. The lowest BCUT2D eigenvalue weighted by molar-refractivity contribution is -0.125. The Labute approximate surface area is 170 Å². The number of nitrogens with zero attached hydrogens (tertiary/aromatic N) is 1. The minimum Gasteiger partial charge on any atom is -0.376 e. The van der Waals surface area contributed by atoms with Crippen LogP contribution >= 0.6 is 0 Å². The number of nitrogens with one attached hydrogen (secondary N) is 3. The molecule has 158 valence electrons. The first-order chi connectivity index (χ1) is 14.0. The molecule has 1 aromatic rings. The van der Waals surface area contributed by atoms with Gasteiger partial charge in [-0.2, -0.15) is 0 Å². The van der Waals surface area contributed by atoms with Crippen molar-refractivity contribution in [2.45, 2.75) is 45.2 Å². The Bertz CT molecular complexity index is 752. The monoisotopic (exact) mass is 403 g/mol. The summed E-state index contributed by atoms with van der Waals surface area (Å²) in [5.41, 5.74) is 7.63. The molecule has 1 atom stereocenters. The predicted molar refractivity (Wildman–Crippen MR) is 109 cm³/mol. The highest BCUT2D eigenvalue weighted by atomic mass is 16.2. The van der Waals surface area contributed by atoms with E-state index in [4.69, 9.17) is 5.73 Å². The smallest absolute Gasteiger partial charge is 0.254 e. The van der Waals surface area contributed by atoms with Crippen molar-refractivity contribution in [3.63, 3.8) is 0 Å². The molecule has 4 amide bonds. The van der Waals surface area contributed by atoms with Crippen LogP contribution < -0.4 is 21.7 Å². The first kappa shape index (κ1) is 22.4. The zero-order chi connectivity index (χ0) is 21.2. The number of imide groups is 1. The lowest BCUT2D eigenvalue weighted by Gasteiger charge is -2.24. The molecule has 0 bridgehead atoms. The lowest BCUT2D eigenvalue weighted by atomic mass is 10.1.